The number of benzene rings is 2. The number of aromatic hydroxyl groups is 1. The van der Waals surface area contributed by atoms with E-state index in [-0.39, 0.29) is 11.7 Å². The van der Waals surface area contributed by atoms with E-state index >= 15 is 0 Å². The van der Waals surface area contributed by atoms with Crippen molar-refractivity contribution < 1.29 is 5.11 Å². The van der Waals surface area contributed by atoms with Crippen LogP contribution in [0.2, 0.25) is 0 Å². The van der Waals surface area contributed by atoms with E-state index in [4.69, 9.17) is 5.73 Å². The first-order chi connectivity index (χ1) is 11.6. The number of nitrogens with zero attached hydrogens (tertiary/aromatic N) is 5. The molecule has 3 N–H and O–H groups in total. The number of imidazole rings is 1. The molecule has 0 bridgehead atoms. The summed E-state index contributed by atoms with van der Waals surface area (Å²) in [4.78, 5) is 4.06. The van der Waals surface area contributed by atoms with Crippen LogP contribution in [0, 0.1) is 6.92 Å². The molecule has 7 heteroatoms. The predicted molar refractivity (Wildman–Crippen MR) is 93.1 cm³/mol. The van der Waals surface area contributed by atoms with E-state index in [1.54, 1.807) is 24.4 Å². The number of aromatic nitrogens is 2. The first kappa shape index (κ1) is 15.4. The van der Waals surface area contributed by atoms with Crippen LogP contribution in [0.4, 0.5) is 17.3 Å². The average molecular weight is 320 g/mol. The fourth-order valence-electron chi connectivity index (χ4n) is 2.04. The quantitative estimate of drug-likeness (QED) is 0.565. The minimum atomic E-state index is 0.0906. The van der Waals surface area contributed by atoms with Crippen LogP contribution in [0.5, 0.6) is 5.75 Å². The number of rotatable bonds is 4. The van der Waals surface area contributed by atoms with E-state index in [1.165, 1.54) is 10.9 Å². The molecule has 0 saturated carbocycles. The Balaban J connectivity index is 1.84. The zero-order valence-corrected chi connectivity index (χ0v) is 13.0. The van der Waals surface area contributed by atoms with Crippen LogP contribution in [0.3, 0.4) is 0 Å². The van der Waals surface area contributed by atoms with Gasteiger partial charge in [0.2, 0.25) is 5.95 Å². The third-order valence-electron chi connectivity index (χ3n) is 3.20. The topological polar surface area (TPSA) is 101 Å². The highest BCUT2D eigenvalue weighted by Crippen LogP contribution is 2.24. The summed E-state index contributed by atoms with van der Waals surface area (Å²) in [6.45, 7) is 1.82. The van der Waals surface area contributed by atoms with Gasteiger partial charge in [0.25, 0.3) is 0 Å². The van der Waals surface area contributed by atoms with Gasteiger partial charge >= 0.3 is 0 Å². The van der Waals surface area contributed by atoms with Gasteiger partial charge in [0.15, 0.2) is 0 Å². The minimum Gasteiger partial charge on any atom is -0.507 e. The third kappa shape index (κ3) is 3.64. The zero-order valence-electron chi connectivity index (χ0n) is 13.0. The first-order valence-corrected chi connectivity index (χ1v) is 7.27. The molecule has 0 saturated heterocycles. The maximum Gasteiger partial charge on any atom is 0.221 e. The van der Waals surface area contributed by atoms with Crippen molar-refractivity contribution in [3.05, 3.63) is 66.0 Å². The van der Waals surface area contributed by atoms with Crippen LogP contribution >= 0.6 is 0 Å². The molecule has 24 heavy (non-hydrogen) atoms. The van der Waals surface area contributed by atoms with Crippen molar-refractivity contribution in [2.45, 2.75) is 6.92 Å². The van der Waals surface area contributed by atoms with Gasteiger partial charge in [-0.3, -0.25) is 0 Å². The van der Waals surface area contributed by atoms with Gasteiger partial charge in [-0.05, 0) is 37.3 Å². The molecule has 0 fully saturated rings. The van der Waals surface area contributed by atoms with Crippen molar-refractivity contribution in [3.63, 3.8) is 0 Å². The SMILES string of the molecule is Cc1cn(N=Cc2cc(N=Nc3ccccc3)ccc2O)c(N)n1. The molecule has 120 valence electrons. The Morgan fingerprint density at radius 2 is 1.83 bits per heavy atom. The van der Waals surface area contributed by atoms with Gasteiger partial charge in [-0.1, -0.05) is 18.2 Å². The lowest BCUT2D eigenvalue weighted by Gasteiger charge is -2.00. The fourth-order valence-corrected chi connectivity index (χ4v) is 2.04. The first-order valence-electron chi connectivity index (χ1n) is 7.27. The molecule has 1 aromatic heterocycles. The van der Waals surface area contributed by atoms with Gasteiger partial charge in [-0.25, -0.2) is 9.66 Å². The van der Waals surface area contributed by atoms with E-state index in [0.29, 0.717) is 11.3 Å². The number of phenolic OH excluding ortho intramolecular Hbond substituents is 1. The number of aryl methyl sites for hydroxylation is 1. The molecule has 0 amide bonds. The summed E-state index contributed by atoms with van der Waals surface area (Å²) in [7, 11) is 0. The maximum atomic E-state index is 9.95. The van der Waals surface area contributed by atoms with Crippen molar-refractivity contribution in [2.24, 2.45) is 15.3 Å². The number of nitrogen functional groups attached to an aromatic ring is 1. The lowest BCUT2D eigenvalue weighted by Crippen LogP contribution is -1.97. The Morgan fingerprint density at radius 3 is 2.54 bits per heavy atom. The van der Waals surface area contributed by atoms with Gasteiger partial charge in [0.1, 0.15) is 5.75 Å². The van der Waals surface area contributed by atoms with Crippen LogP contribution in [-0.4, -0.2) is 21.0 Å². The summed E-state index contributed by atoms with van der Waals surface area (Å²) >= 11 is 0. The van der Waals surface area contributed by atoms with Crippen LogP contribution in [0.15, 0.2) is 70.1 Å². The Bertz CT molecular complexity index is 899. The van der Waals surface area contributed by atoms with Gasteiger partial charge in [-0.2, -0.15) is 15.3 Å². The standard InChI is InChI=1S/C17H16N6O/c1-12-11-23(17(18)20-12)19-10-13-9-15(7-8-16(13)24)22-21-14-5-3-2-4-6-14/h2-11,24H,1H3,(H2,18,20). The maximum absolute atomic E-state index is 9.95. The number of hydrogen-bond acceptors (Lipinski definition) is 6. The van der Waals surface area contributed by atoms with E-state index < -0.39 is 0 Å². The van der Waals surface area contributed by atoms with Crippen molar-refractivity contribution in [1.29, 1.82) is 0 Å². The second kappa shape index (κ2) is 6.74. The summed E-state index contributed by atoms with van der Waals surface area (Å²) in [6, 6.07) is 14.3. The van der Waals surface area contributed by atoms with Crippen LogP contribution < -0.4 is 5.73 Å². The molecular formula is C17H16N6O. The molecule has 3 rings (SSSR count). The smallest absolute Gasteiger partial charge is 0.221 e. The molecule has 7 nitrogen and oxygen atoms in total. The van der Waals surface area contributed by atoms with E-state index in [0.717, 1.165) is 11.4 Å². The lowest BCUT2D eigenvalue weighted by molar-refractivity contribution is 0.474. The largest absolute Gasteiger partial charge is 0.507 e. The summed E-state index contributed by atoms with van der Waals surface area (Å²) in [5, 5.41) is 22.5. The normalized spacial score (nSPS) is 11.5. The number of nitrogens with two attached hydrogens (primary N) is 1. The molecule has 0 unspecified atom stereocenters. The number of anilines is 1. The second-order valence-corrected chi connectivity index (χ2v) is 5.11. The lowest BCUT2D eigenvalue weighted by atomic mass is 10.2. The summed E-state index contributed by atoms with van der Waals surface area (Å²) < 4.78 is 1.44. The third-order valence-corrected chi connectivity index (χ3v) is 3.20. The molecule has 0 aliphatic rings. The highest BCUT2D eigenvalue weighted by molar-refractivity contribution is 5.84. The van der Waals surface area contributed by atoms with Crippen molar-refractivity contribution in [2.75, 3.05) is 5.73 Å². The van der Waals surface area contributed by atoms with Crippen molar-refractivity contribution in [1.82, 2.24) is 9.66 Å². The monoisotopic (exact) mass is 320 g/mol. The fraction of sp³-hybridized carbons (Fsp3) is 0.0588. The predicted octanol–water partition coefficient (Wildman–Crippen LogP) is 3.78. The molecular weight excluding hydrogens is 304 g/mol. The Labute approximate surface area is 138 Å². The van der Waals surface area contributed by atoms with Gasteiger partial charge < -0.3 is 10.8 Å². The Hall–Kier alpha value is -3.48. The molecule has 1 heterocycles. The number of phenols is 1. The molecule has 0 aliphatic heterocycles. The van der Waals surface area contributed by atoms with Gasteiger partial charge in [-0.15, -0.1) is 0 Å². The van der Waals surface area contributed by atoms with Crippen molar-refractivity contribution >= 4 is 23.5 Å². The summed E-state index contributed by atoms with van der Waals surface area (Å²) in [6.07, 6.45) is 3.19. The molecule has 3 aromatic rings. The highest BCUT2D eigenvalue weighted by Gasteiger charge is 2.02. The van der Waals surface area contributed by atoms with E-state index in [2.05, 4.69) is 20.3 Å². The van der Waals surface area contributed by atoms with Gasteiger partial charge in [0.05, 0.1) is 29.5 Å². The van der Waals surface area contributed by atoms with E-state index in [1.807, 2.05) is 37.3 Å². The number of hydrogen-bond donors (Lipinski definition) is 2. The summed E-state index contributed by atoms with van der Waals surface area (Å²) in [5.41, 5.74) is 8.35. The van der Waals surface area contributed by atoms with E-state index in [9.17, 15) is 5.11 Å². The molecule has 2 aromatic carbocycles. The highest BCUT2D eigenvalue weighted by atomic mass is 16.3. The van der Waals surface area contributed by atoms with Crippen molar-refractivity contribution in [3.8, 4) is 5.75 Å². The van der Waals surface area contributed by atoms with Crippen LogP contribution in [-0.2, 0) is 0 Å². The van der Waals surface area contributed by atoms with Crippen LogP contribution in [0.25, 0.3) is 0 Å². The zero-order chi connectivity index (χ0) is 16.9. The number of azo groups is 1. The molecule has 0 radical (unpaired) electrons. The second-order valence-electron chi connectivity index (χ2n) is 5.11. The molecule has 0 spiro atoms. The Kier molecular flexibility index (Phi) is 4.33. The Morgan fingerprint density at radius 1 is 1.08 bits per heavy atom. The minimum absolute atomic E-state index is 0.0906. The summed E-state index contributed by atoms with van der Waals surface area (Å²) in [5.74, 6) is 0.371. The van der Waals surface area contributed by atoms with Crippen LogP contribution in [0.1, 0.15) is 11.3 Å². The van der Waals surface area contributed by atoms with Gasteiger partial charge in [0, 0.05) is 5.56 Å². The average Bonchev–Trinajstić information content (AvgIpc) is 2.91. The molecule has 0 atom stereocenters. The molecule has 0 aliphatic carbocycles.